The lowest BCUT2D eigenvalue weighted by molar-refractivity contribution is 0.252. The Morgan fingerprint density at radius 3 is 2.43 bits per heavy atom. The molecule has 0 bridgehead atoms. The van der Waals surface area contributed by atoms with Crippen molar-refractivity contribution < 1.29 is 8.42 Å². The lowest BCUT2D eigenvalue weighted by Crippen LogP contribution is -2.37. The molecule has 2 N–H and O–H groups in total. The summed E-state index contributed by atoms with van der Waals surface area (Å²) in [6.45, 7) is 12.2. The van der Waals surface area contributed by atoms with E-state index in [2.05, 4.69) is 28.9 Å². The molecule has 0 unspecified atom stereocenters. The highest BCUT2D eigenvalue weighted by atomic mass is 32.2. The zero-order chi connectivity index (χ0) is 16.1. The van der Waals surface area contributed by atoms with E-state index in [0.717, 1.165) is 12.1 Å². The SMILES string of the molecule is CCNCc1ccc(S(=O)(=O)NCC(C)(C)C(C)C)nc1. The first-order valence-electron chi connectivity index (χ1n) is 7.34. The molecule has 1 rings (SSSR count). The van der Waals surface area contributed by atoms with E-state index in [0.29, 0.717) is 19.0 Å². The van der Waals surface area contributed by atoms with Crippen LogP contribution in [-0.2, 0) is 16.6 Å². The molecule has 1 aromatic rings. The summed E-state index contributed by atoms with van der Waals surface area (Å²) in [7, 11) is -3.55. The van der Waals surface area contributed by atoms with Crippen molar-refractivity contribution >= 4 is 10.0 Å². The van der Waals surface area contributed by atoms with Crippen LogP contribution in [0.4, 0.5) is 0 Å². The molecule has 0 spiro atoms. The van der Waals surface area contributed by atoms with E-state index >= 15 is 0 Å². The molecule has 0 aliphatic carbocycles. The van der Waals surface area contributed by atoms with Gasteiger partial charge >= 0.3 is 0 Å². The fourth-order valence-electron chi connectivity index (χ4n) is 1.50. The lowest BCUT2D eigenvalue weighted by Gasteiger charge is -2.29. The van der Waals surface area contributed by atoms with Gasteiger partial charge in [0, 0.05) is 19.3 Å². The van der Waals surface area contributed by atoms with Crippen molar-refractivity contribution in [2.75, 3.05) is 13.1 Å². The van der Waals surface area contributed by atoms with Gasteiger partial charge in [-0.3, -0.25) is 0 Å². The monoisotopic (exact) mass is 313 g/mol. The average molecular weight is 313 g/mol. The Kier molecular flexibility index (Phi) is 6.31. The predicted molar refractivity (Wildman–Crippen MR) is 85.4 cm³/mol. The van der Waals surface area contributed by atoms with E-state index in [1.807, 2.05) is 20.8 Å². The fraction of sp³-hybridized carbons (Fsp3) is 0.667. The van der Waals surface area contributed by atoms with Gasteiger partial charge in [0.1, 0.15) is 0 Å². The van der Waals surface area contributed by atoms with Gasteiger partial charge in [0.15, 0.2) is 5.03 Å². The number of hydrogen-bond acceptors (Lipinski definition) is 4. The van der Waals surface area contributed by atoms with Crippen LogP contribution in [-0.4, -0.2) is 26.5 Å². The third-order valence-corrected chi connectivity index (χ3v) is 5.25. The van der Waals surface area contributed by atoms with Crippen molar-refractivity contribution in [3.63, 3.8) is 0 Å². The summed E-state index contributed by atoms with van der Waals surface area (Å²) < 4.78 is 27.1. The summed E-state index contributed by atoms with van der Waals surface area (Å²) in [5.74, 6) is 0.385. The molecular weight excluding hydrogens is 286 g/mol. The highest BCUT2D eigenvalue weighted by molar-refractivity contribution is 7.89. The zero-order valence-electron chi connectivity index (χ0n) is 13.6. The number of nitrogens with zero attached hydrogens (tertiary/aromatic N) is 1. The summed E-state index contributed by atoms with van der Waals surface area (Å²) in [6.07, 6.45) is 1.60. The van der Waals surface area contributed by atoms with E-state index < -0.39 is 10.0 Å². The number of rotatable bonds is 8. The van der Waals surface area contributed by atoms with Crippen molar-refractivity contribution in [1.82, 2.24) is 15.0 Å². The molecule has 0 aliphatic rings. The van der Waals surface area contributed by atoms with Crippen molar-refractivity contribution in [3.05, 3.63) is 23.9 Å². The Balaban J connectivity index is 2.74. The summed E-state index contributed by atoms with van der Waals surface area (Å²) >= 11 is 0. The summed E-state index contributed by atoms with van der Waals surface area (Å²) in [6, 6.07) is 3.34. The Bertz CT molecular complexity index is 537. The molecule has 21 heavy (non-hydrogen) atoms. The summed E-state index contributed by atoms with van der Waals surface area (Å²) in [5, 5.41) is 3.25. The average Bonchev–Trinajstić information content (AvgIpc) is 2.43. The molecule has 0 radical (unpaired) electrons. The van der Waals surface area contributed by atoms with E-state index in [1.54, 1.807) is 18.3 Å². The molecule has 0 aromatic carbocycles. The molecule has 0 saturated heterocycles. The van der Waals surface area contributed by atoms with Crippen molar-refractivity contribution in [3.8, 4) is 0 Å². The molecule has 0 saturated carbocycles. The van der Waals surface area contributed by atoms with E-state index in [9.17, 15) is 8.42 Å². The number of pyridine rings is 1. The fourth-order valence-corrected chi connectivity index (χ4v) is 2.65. The molecule has 0 aliphatic heterocycles. The normalized spacial score (nSPS) is 12.9. The van der Waals surface area contributed by atoms with Crippen LogP contribution in [0.1, 0.15) is 40.2 Å². The van der Waals surface area contributed by atoms with Crippen LogP contribution in [0.3, 0.4) is 0 Å². The third kappa shape index (κ3) is 5.37. The first-order chi connectivity index (χ1) is 9.69. The first kappa shape index (κ1) is 18.1. The first-order valence-corrected chi connectivity index (χ1v) is 8.82. The van der Waals surface area contributed by atoms with E-state index in [1.165, 1.54) is 0 Å². The van der Waals surface area contributed by atoms with Crippen LogP contribution in [0.15, 0.2) is 23.4 Å². The quantitative estimate of drug-likeness (QED) is 0.771. The van der Waals surface area contributed by atoms with Crippen LogP contribution in [0.2, 0.25) is 0 Å². The molecule has 1 aromatic heterocycles. The van der Waals surface area contributed by atoms with E-state index in [-0.39, 0.29) is 10.4 Å². The van der Waals surface area contributed by atoms with Gasteiger partial charge in [-0.05, 0) is 29.5 Å². The second-order valence-corrected chi connectivity index (χ2v) is 7.97. The molecule has 1 heterocycles. The van der Waals surface area contributed by atoms with Gasteiger partial charge in [0.2, 0.25) is 0 Å². The standard InChI is InChI=1S/C15H27N3O2S/c1-6-16-9-13-7-8-14(17-10-13)21(19,20)18-11-15(4,5)12(2)3/h7-8,10,12,16,18H,6,9,11H2,1-5H3. The second-order valence-electron chi connectivity index (χ2n) is 6.25. The predicted octanol–water partition coefficient (Wildman–Crippen LogP) is 2.15. The maximum Gasteiger partial charge on any atom is 0.258 e. The van der Waals surface area contributed by atoms with E-state index in [4.69, 9.17) is 0 Å². The summed E-state index contributed by atoms with van der Waals surface area (Å²) in [5.41, 5.74) is 0.872. The van der Waals surface area contributed by atoms with Crippen molar-refractivity contribution in [1.29, 1.82) is 0 Å². The van der Waals surface area contributed by atoms with Crippen molar-refractivity contribution in [2.45, 2.75) is 46.2 Å². The van der Waals surface area contributed by atoms with Crippen LogP contribution in [0, 0.1) is 11.3 Å². The summed E-state index contributed by atoms with van der Waals surface area (Å²) in [4.78, 5) is 4.06. The minimum absolute atomic E-state index is 0.0716. The van der Waals surface area contributed by atoms with Gasteiger partial charge in [-0.25, -0.2) is 18.1 Å². The second kappa shape index (κ2) is 7.33. The molecule has 0 amide bonds. The molecule has 5 nitrogen and oxygen atoms in total. The number of nitrogens with one attached hydrogen (secondary N) is 2. The zero-order valence-corrected chi connectivity index (χ0v) is 14.4. The molecule has 120 valence electrons. The minimum Gasteiger partial charge on any atom is -0.313 e. The van der Waals surface area contributed by atoms with Gasteiger partial charge in [0.05, 0.1) is 0 Å². The number of sulfonamides is 1. The smallest absolute Gasteiger partial charge is 0.258 e. The highest BCUT2D eigenvalue weighted by Gasteiger charge is 2.25. The van der Waals surface area contributed by atoms with Crippen LogP contribution < -0.4 is 10.0 Å². The Morgan fingerprint density at radius 2 is 1.95 bits per heavy atom. The van der Waals surface area contributed by atoms with Gasteiger partial charge < -0.3 is 5.32 Å². The number of hydrogen-bond donors (Lipinski definition) is 2. The topological polar surface area (TPSA) is 71.1 Å². The highest BCUT2D eigenvalue weighted by Crippen LogP contribution is 2.25. The Hall–Kier alpha value is -0.980. The lowest BCUT2D eigenvalue weighted by atomic mass is 9.81. The van der Waals surface area contributed by atoms with Crippen LogP contribution in [0.25, 0.3) is 0 Å². The van der Waals surface area contributed by atoms with Crippen LogP contribution in [0.5, 0.6) is 0 Å². The van der Waals surface area contributed by atoms with Gasteiger partial charge in [-0.15, -0.1) is 0 Å². The third-order valence-electron chi connectivity index (χ3n) is 3.93. The van der Waals surface area contributed by atoms with Gasteiger partial charge in [0.25, 0.3) is 10.0 Å². The Labute approximate surface area is 128 Å². The van der Waals surface area contributed by atoms with Crippen LogP contribution >= 0.6 is 0 Å². The van der Waals surface area contributed by atoms with Crippen molar-refractivity contribution in [2.24, 2.45) is 11.3 Å². The molecular formula is C15H27N3O2S. The molecule has 0 atom stereocenters. The maximum absolute atomic E-state index is 12.2. The van der Waals surface area contributed by atoms with Gasteiger partial charge in [-0.2, -0.15) is 0 Å². The number of aromatic nitrogens is 1. The molecule has 6 heteroatoms. The Morgan fingerprint density at radius 1 is 1.29 bits per heavy atom. The largest absolute Gasteiger partial charge is 0.313 e. The maximum atomic E-state index is 12.2. The van der Waals surface area contributed by atoms with Gasteiger partial charge in [-0.1, -0.05) is 40.7 Å². The molecule has 0 fully saturated rings. The minimum atomic E-state index is -3.55.